The lowest BCUT2D eigenvalue weighted by atomic mass is 9.85. The maximum atomic E-state index is 12.4. The number of furan rings is 1. The maximum Gasteiger partial charge on any atom is 0.336 e. The minimum absolute atomic E-state index is 0.372. The van der Waals surface area contributed by atoms with Crippen LogP contribution in [0, 0.1) is 5.92 Å². The summed E-state index contributed by atoms with van der Waals surface area (Å²) < 4.78 is 15.8. The molecule has 1 aliphatic rings. The van der Waals surface area contributed by atoms with Crippen molar-refractivity contribution >= 4 is 31.5 Å². The van der Waals surface area contributed by atoms with Crippen LogP contribution in [0.2, 0.25) is 19.6 Å². The van der Waals surface area contributed by atoms with Gasteiger partial charge in [-0.15, -0.1) is 0 Å². The average molecular weight is 390 g/mol. The van der Waals surface area contributed by atoms with Crippen molar-refractivity contribution in [3.63, 3.8) is 0 Å². The predicted octanol–water partition coefficient (Wildman–Crippen LogP) is 2.95. The van der Waals surface area contributed by atoms with E-state index in [0.717, 1.165) is 5.38 Å². The van der Waals surface area contributed by atoms with Crippen LogP contribution < -0.4 is 10.7 Å². The molecule has 0 bridgehead atoms. The van der Waals surface area contributed by atoms with Crippen LogP contribution in [-0.4, -0.2) is 34.2 Å². The van der Waals surface area contributed by atoms with Gasteiger partial charge in [-0.25, -0.2) is 9.59 Å². The van der Waals surface area contributed by atoms with Gasteiger partial charge < -0.3 is 19.2 Å². The van der Waals surface area contributed by atoms with Gasteiger partial charge in [0.25, 0.3) is 0 Å². The fourth-order valence-electron chi connectivity index (χ4n) is 3.04. The van der Waals surface area contributed by atoms with Gasteiger partial charge >= 0.3 is 11.9 Å². The summed E-state index contributed by atoms with van der Waals surface area (Å²) in [6, 6.07) is 3.88. The number of allylic oxidation sites excluding steroid dienone is 3. The molecule has 0 unspecified atom stereocenters. The number of hydrogen-bond donors (Lipinski definition) is 1. The summed E-state index contributed by atoms with van der Waals surface area (Å²) in [7, 11) is 1.08. The van der Waals surface area contributed by atoms with Crippen LogP contribution in [0.3, 0.4) is 0 Å². The molecule has 0 atom stereocenters. The normalized spacial score (nSPS) is 16.0. The molecule has 0 aromatic carbocycles. The summed E-state index contributed by atoms with van der Waals surface area (Å²) in [5.41, 5.74) is 2.03. The van der Waals surface area contributed by atoms with Crippen molar-refractivity contribution in [2.75, 3.05) is 14.2 Å². The molecule has 0 radical (unpaired) electrons. The van der Waals surface area contributed by atoms with E-state index < -0.39 is 25.9 Å². The zero-order chi connectivity index (χ0) is 20.4. The first-order valence-electron chi connectivity index (χ1n) is 8.73. The first kappa shape index (κ1) is 20.8. The van der Waals surface area contributed by atoms with Crippen LogP contribution in [0.25, 0.3) is 6.08 Å². The lowest BCUT2D eigenvalue weighted by molar-refractivity contribution is -0.137. The number of carbonyl (C=O) groups excluding carboxylic acids is 2. The average Bonchev–Trinajstić information content (AvgIpc) is 3.07. The van der Waals surface area contributed by atoms with Crippen LogP contribution in [0.15, 0.2) is 45.2 Å². The Hall–Kier alpha value is -2.54. The minimum Gasteiger partial charge on any atom is -0.467 e. The second-order valence-corrected chi connectivity index (χ2v) is 12.5. The Kier molecular flexibility index (Phi) is 6.15. The Morgan fingerprint density at radius 1 is 1.04 bits per heavy atom. The highest BCUT2D eigenvalue weighted by atomic mass is 28.3. The number of rotatable bonds is 5. The Labute approximate surface area is 160 Å². The van der Waals surface area contributed by atoms with Crippen molar-refractivity contribution in [1.82, 2.24) is 5.32 Å². The zero-order valence-electron chi connectivity index (χ0n) is 16.9. The third-order valence-corrected chi connectivity index (χ3v) is 6.18. The molecular weight excluding hydrogens is 362 g/mol. The third-order valence-electron chi connectivity index (χ3n) is 4.43. The van der Waals surface area contributed by atoms with Gasteiger partial charge in [0, 0.05) is 17.3 Å². The third kappa shape index (κ3) is 4.42. The van der Waals surface area contributed by atoms with E-state index in [4.69, 9.17) is 13.9 Å². The summed E-state index contributed by atoms with van der Waals surface area (Å²) in [6.45, 7) is 10.2. The molecule has 146 valence electrons. The monoisotopic (exact) mass is 389 g/mol. The van der Waals surface area contributed by atoms with E-state index in [1.165, 1.54) is 14.2 Å². The molecule has 0 amide bonds. The molecule has 0 aliphatic carbocycles. The van der Waals surface area contributed by atoms with E-state index in [9.17, 15) is 9.59 Å². The van der Waals surface area contributed by atoms with Gasteiger partial charge in [0.1, 0.15) is 13.8 Å². The van der Waals surface area contributed by atoms with Crippen LogP contribution in [-0.2, 0) is 19.1 Å². The van der Waals surface area contributed by atoms with Crippen molar-refractivity contribution in [2.24, 2.45) is 5.92 Å². The van der Waals surface area contributed by atoms with E-state index in [-0.39, 0.29) is 0 Å². The van der Waals surface area contributed by atoms with Gasteiger partial charge in [-0.05, 0) is 32.1 Å². The molecule has 7 heteroatoms. The van der Waals surface area contributed by atoms with Crippen molar-refractivity contribution < 1.29 is 23.5 Å². The van der Waals surface area contributed by atoms with Gasteiger partial charge in [0.2, 0.25) is 0 Å². The zero-order valence-corrected chi connectivity index (χ0v) is 17.9. The summed E-state index contributed by atoms with van der Waals surface area (Å²) in [5.74, 6) is -0.905. The highest BCUT2D eigenvalue weighted by Gasteiger charge is 2.35. The largest absolute Gasteiger partial charge is 0.467 e. The van der Waals surface area contributed by atoms with Crippen LogP contribution in [0.4, 0.5) is 0 Å². The molecule has 1 aromatic rings. The van der Waals surface area contributed by atoms with Gasteiger partial charge in [0.15, 0.2) is 0 Å². The second kappa shape index (κ2) is 8.00. The molecule has 0 spiro atoms. The Bertz CT molecular complexity index is 801. The van der Waals surface area contributed by atoms with E-state index >= 15 is 0 Å². The first-order valence-corrected chi connectivity index (χ1v) is 12.2. The molecular formula is C20H27NO5Si. The Morgan fingerprint density at radius 2 is 1.56 bits per heavy atom. The molecule has 1 aromatic heterocycles. The van der Waals surface area contributed by atoms with Crippen LogP contribution >= 0.6 is 0 Å². The highest BCUT2D eigenvalue weighted by molar-refractivity contribution is 6.87. The fourth-order valence-corrected chi connectivity index (χ4v) is 4.04. The fraction of sp³-hybridized carbons (Fsp3) is 0.400. The van der Waals surface area contributed by atoms with Gasteiger partial charge in [-0.2, -0.15) is 0 Å². The number of methoxy groups -OCH3 is 2. The quantitative estimate of drug-likeness (QED) is 0.616. The number of carbonyl (C=O) groups is 2. The number of ether oxygens (including phenoxy) is 2. The number of hydrogen-bond acceptors (Lipinski definition) is 6. The van der Waals surface area contributed by atoms with E-state index in [2.05, 4.69) is 25.0 Å². The summed E-state index contributed by atoms with van der Waals surface area (Å²) in [4.78, 5) is 24.7. The molecule has 0 saturated heterocycles. The number of nitrogens with one attached hydrogen (secondary N) is 1. The maximum absolute atomic E-state index is 12.4. The van der Waals surface area contributed by atoms with Gasteiger partial charge in [-0.1, -0.05) is 25.7 Å². The Balaban J connectivity index is 2.48. The lowest BCUT2D eigenvalue weighted by Gasteiger charge is -2.27. The lowest BCUT2D eigenvalue weighted by Crippen LogP contribution is -2.36. The topological polar surface area (TPSA) is 77.8 Å². The summed E-state index contributed by atoms with van der Waals surface area (Å²) >= 11 is 0. The van der Waals surface area contributed by atoms with E-state index in [0.29, 0.717) is 28.3 Å². The SMILES string of the molecule is COC(=O)C1=C(C)NC(C)=C(C(=O)OC)C1/C=C/c1ccc([Si](C)(C)C)o1. The number of dihydropyridines is 1. The highest BCUT2D eigenvalue weighted by Crippen LogP contribution is 2.32. The standard InChI is InChI=1S/C20H27NO5Si/c1-12-17(19(22)24-3)15(18(13(2)21-12)20(23)25-4)10-8-14-9-11-16(26-14)27(5,6)7/h8-11,15,21H,1-7H3/b10-8+. The molecule has 2 rings (SSSR count). The molecule has 0 saturated carbocycles. The van der Waals surface area contributed by atoms with Crippen molar-refractivity contribution in [1.29, 1.82) is 0 Å². The minimum atomic E-state index is -1.55. The number of esters is 2. The van der Waals surface area contributed by atoms with Crippen molar-refractivity contribution in [2.45, 2.75) is 33.5 Å². The molecule has 2 heterocycles. The van der Waals surface area contributed by atoms with Crippen LogP contribution in [0.1, 0.15) is 19.6 Å². The predicted molar refractivity (Wildman–Crippen MR) is 107 cm³/mol. The summed E-state index contributed by atoms with van der Waals surface area (Å²) in [6.07, 6.45) is 3.56. The van der Waals surface area contributed by atoms with E-state index in [1.807, 2.05) is 12.1 Å². The van der Waals surface area contributed by atoms with Gasteiger partial charge in [-0.3, -0.25) is 0 Å². The van der Waals surface area contributed by atoms with Crippen molar-refractivity contribution in [3.8, 4) is 0 Å². The smallest absolute Gasteiger partial charge is 0.336 e. The summed E-state index contributed by atoms with van der Waals surface area (Å²) in [5, 5.41) is 4.06. The van der Waals surface area contributed by atoms with Gasteiger partial charge in [0.05, 0.1) is 30.7 Å². The molecule has 1 N–H and O–H groups in total. The molecule has 27 heavy (non-hydrogen) atoms. The first-order chi connectivity index (χ1) is 12.6. The molecule has 1 aliphatic heterocycles. The van der Waals surface area contributed by atoms with Crippen molar-refractivity contribution in [3.05, 3.63) is 46.5 Å². The van der Waals surface area contributed by atoms with Crippen LogP contribution in [0.5, 0.6) is 0 Å². The second-order valence-electron chi connectivity index (χ2n) is 7.47. The molecule has 6 nitrogen and oxygen atoms in total. The Morgan fingerprint density at radius 3 is 1.96 bits per heavy atom. The molecule has 0 fully saturated rings. The van der Waals surface area contributed by atoms with E-state index in [1.54, 1.807) is 26.0 Å².